The molecule has 0 bridgehead atoms. The number of nitrogens with one attached hydrogen (secondary N) is 1. The minimum Gasteiger partial charge on any atom is -0.492 e. The van der Waals surface area contributed by atoms with Gasteiger partial charge in [0.05, 0.1) is 6.54 Å². The number of hydrogen-bond donors (Lipinski definition) is 1. The fourth-order valence-electron chi connectivity index (χ4n) is 2.28. The highest BCUT2D eigenvalue weighted by Crippen LogP contribution is 2.19. The van der Waals surface area contributed by atoms with Gasteiger partial charge in [-0.15, -0.1) is 0 Å². The highest BCUT2D eigenvalue weighted by atomic mass is 16.5. The first-order chi connectivity index (χ1) is 11.6. The summed E-state index contributed by atoms with van der Waals surface area (Å²) >= 11 is 0. The molecular formula is C20H25NO3. The molecule has 128 valence electrons. The third-order valence-corrected chi connectivity index (χ3v) is 3.72. The lowest BCUT2D eigenvalue weighted by atomic mass is 10.1. The summed E-state index contributed by atoms with van der Waals surface area (Å²) in [6, 6.07) is 15.6. The van der Waals surface area contributed by atoms with Gasteiger partial charge < -0.3 is 14.8 Å². The van der Waals surface area contributed by atoms with E-state index in [1.165, 1.54) is 5.56 Å². The number of ether oxygens (including phenoxy) is 2. The normalized spacial score (nSPS) is 11.6. The quantitative estimate of drug-likeness (QED) is 0.755. The lowest BCUT2D eigenvalue weighted by molar-refractivity contribution is -0.127. The topological polar surface area (TPSA) is 47.6 Å². The first-order valence-corrected chi connectivity index (χ1v) is 8.32. The van der Waals surface area contributed by atoms with Gasteiger partial charge in [-0.25, -0.2) is 0 Å². The second kappa shape index (κ2) is 8.96. The zero-order valence-electron chi connectivity index (χ0n) is 14.5. The summed E-state index contributed by atoms with van der Waals surface area (Å²) in [4.78, 5) is 12.1. The van der Waals surface area contributed by atoms with Crippen molar-refractivity contribution in [1.29, 1.82) is 0 Å². The van der Waals surface area contributed by atoms with E-state index in [0.29, 0.717) is 13.2 Å². The Balaban J connectivity index is 1.74. The van der Waals surface area contributed by atoms with E-state index in [1.54, 1.807) is 6.92 Å². The molecule has 24 heavy (non-hydrogen) atoms. The second-order valence-corrected chi connectivity index (χ2v) is 5.67. The molecule has 0 saturated heterocycles. The Kier molecular flexibility index (Phi) is 6.67. The smallest absolute Gasteiger partial charge is 0.260 e. The average molecular weight is 327 g/mol. The molecule has 0 aliphatic heterocycles. The molecule has 0 unspecified atom stereocenters. The molecule has 4 nitrogen and oxygen atoms in total. The largest absolute Gasteiger partial charge is 0.492 e. The van der Waals surface area contributed by atoms with Gasteiger partial charge in [-0.05, 0) is 44.0 Å². The van der Waals surface area contributed by atoms with Crippen LogP contribution < -0.4 is 14.8 Å². The third-order valence-electron chi connectivity index (χ3n) is 3.72. The van der Waals surface area contributed by atoms with Crippen LogP contribution in [0, 0.1) is 6.92 Å². The Hall–Kier alpha value is -2.49. The molecular weight excluding hydrogens is 302 g/mol. The molecule has 0 heterocycles. The van der Waals surface area contributed by atoms with Gasteiger partial charge in [-0.1, -0.05) is 42.8 Å². The van der Waals surface area contributed by atoms with E-state index in [2.05, 4.69) is 12.2 Å². The summed E-state index contributed by atoms with van der Waals surface area (Å²) in [7, 11) is 0. The van der Waals surface area contributed by atoms with Crippen LogP contribution in [-0.4, -0.2) is 25.2 Å². The van der Waals surface area contributed by atoms with Gasteiger partial charge in [-0.3, -0.25) is 4.79 Å². The molecule has 4 heteroatoms. The first-order valence-electron chi connectivity index (χ1n) is 8.32. The molecule has 0 aliphatic rings. The van der Waals surface area contributed by atoms with Gasteiger partial charge >= 0.3 is 0 Å². The molecule has 2 rings (SSSR count). The molecule has 2 aromatic rings. The first kappa shape index (κ1) is 17.9. The molecule has 0 saturated carbocycles. The third kappa shape index (κ3) is 5.30. The van der Waals surface area contributed by atoms with Crippen molar-refractivity contribution < 1.29 is 14.3 Å². The second-order valence-electron chi connectivity index (χ2n) is 5.67. The molecule has 0 aliphatic carbocycles. The van der Waals surface area contributed by atoms with Crippen LogP contribution in [0.3, 0.4) is 0 Å². The maximum Gasteiger partial charge on any atom is 0.260 e. The highest BCUT2D eigenvalue weighted by Gasteiger charge is 2.15. The van der Waals surface area contributed by atoms with Crippen LogP contribution in [0.25, 0.3) is 0 Å². The maximum atomic E-state index is 12.1. The van der Waals surface area contributed by atoms with Crippen LogP contribution in [0.4, 0.5) is 0 Å². The number of carbonyl (C=O) groups is 1. The Morgan fingerprint density at radius 2 is 1.83 bits per heavy atom. The van der Waals surface area contributed by atoms with E-state index in [0.717, 1.165) is 23.5 Å². The van der Waals surface area contributed by atoms with Gasteiger partial charge in [0.25, 0.3) is 5.91 Å². The van der Waals surface area contributed by atoms with E-state index in [-0.39, 0.29) is 5.91 Å². The Labute approximate surface area is 143 Å². The predicted octanol–water partition coefficient (Wildman–Crippen LogP) is 3.52. The van der Waals surface area contributed by atoms with Gasteiger partial charge in [0.15, 0.2) is 6.10 Å². The number of amides is 1. The van der Waals surface area contributed by atoms with Gasteiger partial charge in [0, 0.05) is 0 Å². The fraction of sp³-hybridized carbons (Fsp3) is 0.350. The van der Waals surface area contributed by atoms with E-state index in [1.807, 2.05) is 55.5 Å². The van der Waals surface area contributed by atoms with Gasteiger partial charge in [0.2, 0.25) is 0 Å². The Morgan fingerprint density at radius 1 is 1.12 bits per heavy atom. The summed E-state index contributed by atoms with van der Waals surface area (Å²) in [6.07, 6.45) is 0.326. The van der Waals surface area contributed by atoms with Crippen molar-refractivity contribution in [3.05, 3.63) is 59.7 Å². The van der Waals surface area contributed by atoms with Gasteiger partial charge in [0.1, 0.15) is 18.1 Å². The molecule has 0 radical (unpaired) electrons. The van der Waals surface area contributed by atoms with Crippen LogP contribution in [-0.2, 0) is 11.2 Å². The van der Waals surface area contributed by atoms with Crippen molar-refractivity contribution in [2.24, 2.45) is 0 Å². The van der Waals surface area contributed by atoms with Crippen LogP contribution in [0.1, 0.15) is 25.0 Å². The SMILES string of the molecule is CCc1ccccc1O[C@H](C)C(=O)NCCOc1ccc(C)cc1. The molecule has 1 amide bonds. The number of carbonyl (C=O) groups excluding carboxylic acids is 1. The Bertz CT molecular complexity index is 652. The molecule has 1 N–H and O–H groups in total. The lowest BCUT2D eigenvalue weighted by Gasteiger charge is -2.17. The zero-order chi connectivity index (χ0) is 17.4. The van der Waals surface area contributed by atoms with Crippen LogP contribution >= 0.6 is 0 Å². The molecule has 0 aromatic heterocycles. The van der Waals surface area contributed by atoms with E-state index in [9.17, 15) is 4.79 Å². The lowest BCUT2D eigenvalue weighted by Crippen LogP contribution is -2.38. The summed E-state index contributed by atoms with van der Waals surface area (Å²) in [5.74, 6) is 1.42. The molecule has 0 fully saturated rings. The summed E-state index contributed by atoms with van der Waals surface area (Å²) in [5, 5.41) is 2.83. The van der Waals surface area contributed by atoms with Crippen molar-refractivity contribution in [2.45, 2.75) is 33.3 Å². The molecule has 0 spiro atoms. The van der Waals surface area contributed by atoms with Crippen molar-refractivity contribution in [1.82, 2.24) is 5.32 Å². The van der Waals surface area contributed by atoms with E-state index < -0.39 is 6.10 Å². The summed E-state index contributed by atoms with van der Waals surface area (Å²) in [6.45, 7) is 6.71. The minimum absolute atomic E-state index is 0.145. The zero-order valence-corrected chi connectivity index (χ0v) is 14.5. The summed E-state index contributed by atoms with van der Waals surface area (Å²) < 4.78 is 11.4. The monoisotopic (exact) mass is 327 g/mol. The van der Waals surface area contributed by atoms with Crippen molar-refractivity contribution in [3.63, 3.8) is 0 Å². The van der Waals surface area contributed by atoms with Crippen molar-refractivity contribution in [2.75, 3.05) is 13.2 Å². The maximum absolute atomic E-state index is 12.1. The standard InChI is InChI=1S/C20H25NO3/c1-4-17-7-5-6-8-19(17)24-16(3)20(22)21-13-14-23-18-11-9-15(2)10-12-18/h5-12,16H,4,13-14H2,1-3H3,(H,21,22)/t16-/m1/s1. The number of rotatable bonds is 8. The summed E-state index contributed by atoms with van der Waals surface area (Å²) in [5.41, 5.74) is 2.29. The average Bonchev–Trinajstić information content (AvgIpc) is 2.60. The number of hydrogen-bond acceptors (Lipinski definition) is 3. The van der Waals surface area contributed by atoms with Crippen molar-refractivity contribution in [3.8, 4) is 11.5 Å². The van der Waals surface area contributed by atoms with E-state index >= 15 is 0 Å². The van der Waals surface area contributed by atoms with Crippen LogP contribution in [0.2, 0.25) is 0 Å². The Morgan fingerprint density at radius 3 is 2.54 bits per heavy atom. The van der Waals surface area contributed by atoms with E-state index in [4.69, 9.17) is 9.47 Å². The predicted molar refractivity (Wildman–Crippen MR) is 95.6 cm³/mol. The van der Waals surface area contributed by atoms with Crippen molar-refractivity contribution >= 4 is 5.91 Å². The molecule has 2 aromatic carbocycles. The fourth-order valence-corrected chi connectivity index (χ4v) is 2.28. The molecule has 1 atom stereocenters. The highest BCUT2D eigenvalue weighted by molar-refractivity contribution is 5.80. The van der Waals surface area contributed by atoms with Crippen LogP contribution in [0.15, 0.2) is 48.5 Å². The number of benzene rings is 2. The number of para-hydroxylation sites is 1. The van der Waals surface area contributed by atoms with Crippen LogP contribution in [0.5, 0.6) is 11.5 Å². The number of aryl methyl sites for hydroxylation is 2. The minimum atomic E-state index is -0.544. The van der Waals surface area contributed by atoms with Gasteiger partial charge in [-0.2, -0.15) is 0 Å².